The van der Waals surface area contributed by atoms with Crippen LogP contribution in [0.15, 0.2) is 60.7 Å². The molecule has 1 atom stereocenters. The first-order valence-corrected chi connectivity index (χ1v) is 12.7. The Balaban J connectivity index is 2.74. The van der Waals surface area contributed by atoms with E-state index in [4.69, 9.17) is 0 Å². The summed E-state index contributed by atoms with van der Waals surface area (Å²) in [5, 5.41) is -2.30. The van der Waals surface area contributed by atoms with Crippen molar-refractivity contribution in [1.29, 1.82) is 0 Å². The molecule has 0 N–H and O–H groups in total. The molecular formula is C21H19F9IOP. The van der Waals surface area contributed by atoms with Gasteiger partial charge in [0.25, 0.3) is 0 Å². The number of halogens is 10. The van der Waals surface area contributed by atoms with Gasteiger partial charge in [-0.25, -0.2) is 0 Å². The van der Waals surface area contributed by atoms with Gasteiger partial charge in [-0.1, -0.05) is 90.2 Å². The first-order chi connectivity index (χ1) is 15.0. The van der Waals surface area contributed by atoms with Crippen LogP contribution in [-0.2, 0) is 4.57 Å². The molecule has 0 fully saturated rings. The van der Waals surface area contributed by atoms with Crippen molar-refractivity contribution in [3.05, 3.63) is 60.7 Å². The fraction of sp³-hybridized carbons (Fsp3) is 0.429. The van der Waals surface area contributed by atoms with Gasteiger partial charge in [-0.3, -0.25) is 0 Å². The highest BCUT2D eigenvalue weighted by Crippen LogP contribution is 2.64. The average molecular weight is 616 g/mol. The van der Waals surface area contributed by atoms with E-state index >= 15 is 0 Å². The van der Waals surface area contributed by atoms with E-state index in [0.717, 1.165) is 6.92 Å². The Kier molecular flexibility index (Phi) is 8.01. The zero-order valence-corrected chi connectivity index (χ0v) is 20.1. The average Bonchev–Trinajstić information content (AvgIpc) is 2.73. The molecule has 0 saturated carbocycles. The molecule has 184 valence electrons. The molecule has 1 nitrogen and oxygen atoms in total. The number of hydrogen-bond acceptors (Lipinski definition) is 1. The molecule has 0 aliphatic carbocycles. The lowest BCUT2D eigenvalue weighted by atomic mass is 9.92. The number of benzene rings is 2. The lowest BCUT2D eigenvalue weighted by Crippen LogP contribution is -2.62. The molecule has 0 amide bonds. The van der Waals surface area contributed by atoms with Crippen LogP contribution >= 0.6 is 29.7 Å². The third-order valence-electron chi connectivity index (χ3n) is 5.45. The zero-order chi connectivity index (χ0) is 25.3. The molecule has 12 heteroatoms. The summed E-state index contributed by atoms with van der Waals surface area (Å²) in [7, 11) is -4.27. The summed E-state index contributed by atoms with van der Waals surface area (Å²) in [5.74, 6) is -19.6. The summed E-state index contributed by atoms with van der Waals surface area (Å²) in [6.07, 6.45) is -9.50. The first-order valence-electron chi connectivity index (χ1n) is 9.45. The van der Waals surface area contributed by atoms with Crippen LogP contribution in [0.5, 0.6) is 0 Å². The quantitative estimate of drug-likeness (QED) is 0.124. The predicted molar refractivity (Wildman–Crippen MR) is 117 cm³/mol. The van der Waals surface area contributed by atoms with E-state index in [1.54, 1.807) is 22.6 Å². The van der Waals surface area contributed by atoms with Crippen LogP contribution in [0.4, 0.5) is 39.5 Å². The second-order valence-electron chi connectivity index (χ2n) is 7.74. The fourth-order valence-corrected chi connectivity index (χ4v) is 8.80. The second-order valence-corrected chi connectivity index (χ2v) is 12.2. The summed E-state index contributed by atoms with van der Waals surface area (Å²) < 4.78 is 137. The summed E-state index contributed by atoms with van der Waals surface area (Å²) in [4.78, 5) is 0. The number of alkyl halides is 10. The van der Waals surface area contributed by atoms with Gasteiger partial charge in [0.2, 0.25) is 0 Å². The molecule has 0 heterocycles. The van der Waals surface area contributed by atoms with Crippen LogP contribution in [0.2, 0.25) is 0 Å². The van der Waals surface area contributed by atoms with Crippen LogP contribution in [0, 0.1) is 0 Å². The van der Waals surface area contributed by atoms with E-state index in [0.29, 0.717) is 0 Å². The molecule has 0 radical (unpaired) electrons. The molecular weight excluding hydrogens is 597 g/mol. The van der Waals surface area contributed by atoms with Crippen molar-refractivity contribution < 1.29 is 44.1 Å². The topological polar surface area (TPSA) is 17.1 Å². The Morgan fingerprint density at radius 2 is 1.12 bits per heavy atom. The largest absolute Gasteiger partial charge is 0.460 e. The lowest BCUT2D eigenvalue weighted by molar-refractivity contribution is -0.397. The summed E-state index contributed by atoms with van der Waals surface area (Å²) in [6.45, 7) is 0.960. The molecule has 0 aromatic heterocycles. The maximum atomic E-state index is 14.8. The molecule has 2 aromatic rings. The molecule has 0 spiro atoms. The third-order valence-corrected chi connectivity index (χ3v) is 9.94. The SMILES string of the molecule is CC(CCI)(CC(F)(F)C(F)(F)C(F)(F)C(F)(F)F)P(=O)(c1ccccc1)c1ccccc1. The Labute approximate surface area is 198 Å². The highest BCUT2D eigenvalue weighted by molar-refractivity contribution is 14.1. The van der Waals surface area contributed by atoms with Gasteiger partial charge < -0.3 is 4.57 Å². The third kappa shape index (κ3) is 4.81. The molecule has 2 rings (SSSR count). The Bertz CT molecular complexity index is 937. The molecule has 0 aliphatic heterocycles. The maximum absolute atomic E-state index is 14.8. The molecule has 0 saturated heterocycles. The zero-order valence-electron chi connectivity index (χ0n) is 17.0. The van der Waals surface area contributed by atoms with Crippen LogP contribution in [0.3, 0.4) is 0 Å². The van der Waals surface area contributed by atoms with Crippen molar-refractivity contribution in [1.82, 2.24) is 0 Å². The van der Waals surface area contributed by atoms with Gasteiger partial charge in [-0.2, -0.15) is 39.5 Å². The van der Waals surface area contributed by atoms with Crippen molar-refractivity contribution in [2.24, 2.45) is 0 Å². The predicted octanol–water partition coefficient (Wildman–Crippen LogP) is 7.44. The van der Waals surface area contributed by atoms with Gasteiger partial charge in [0.1, 0.15) is 7.14 Å². The van der Waals surface area contributed by atoms with E-state index in [9.17, 15) is 44.1 Å². The fourth-order valence-electron chi connectivity index (χ4n) is 3.61. The van der Waals surface area contributed by atoms with Crippen LogP contribution in [0.1, 0.15) is 19.8 Å². The van der Waals surface area contributed by atoms with Gasteiger partial charge in [0.15, 0.2) is 0 Å². The van der Waals surface area contributed by atoms with E-state index in [2.05, 4.69) is 0 Å². The molecule has 33 heavy (non-hydrogen) atoms. The van der Waals surface area contributed by atoms with Crippen molar-refractivity contribution in [3.8, 4) is 0 Å². The second kappa shape index (κ2) is 9.43. The first kappa shape index (κ1) is 28.0. The van der Waals surface area contributed by atoms with Crippen molar-refractivity contribution in [3.63, 3.8) is 0 Å². The van der Waals surface area contributed by atoms with Crippen molar-refractivity contribution in [2.45, 2.75) is 48.9 Å². The highest BCUT2D eigenvalue weighted by atomic mass is 127. The van der Waals surface area contributed by atoms with E-state index in [1.807, 2.05) is 0 Å². The van der Waals surface area contributed by atoms with E-state index in [1.165, 1.54) is 60.7 Å². The van der Waals surface area contributed by atoms with E-state index < -0.39 is 49.1 Å². The highest BCUT2D eigenvalue weighted by Gasteiger charge is 2.82. The van der Waals surface area contributed by atoms with Gasteiger partial charge in [-0.05, 0) is 6.42 Å². The normalized spacial score (nSPS) is 15.8. The van der Waals surface area contributed by atoms with Gasteiger partial charge >= 0.3 is 23.9 Å². The van der Waals surface area contributed by atoms with Crippen molar-refractivity contribution in [2.75, 3.05) is 4.43 Å². The smallest absolute Gasteiger partial charge is 0.313 e. The molecule has 2 aromatic carbocycles. The summed E-state index contributed by atoms with van der Waals surface area (Å²) >= 11 is 1.71. The van der Waals surface area contributed by atoms with Gasteiger partial charge in [-0.15, -0.1) is 0 Å². The Morgan fingerprint density at radius 3 is 1.45 bits per heavy atom. The number of rotatable bonds is 9. The molecule has 1 unspecified atom stereocenters. The summed E-state index contributed by atoms with van der Waals surface area (Å²) in [6, 6.07) is 14.1. The monoisotopic (exact) mass is 616 g/mol. The number of hydrogen-bond donors (Lipinski definition) is 0. The summed E-state index contributed by atoms with van der Waals surface area (Å²) in [5.41, 5.74) is 0. The standard InChI is InChI=1S/C21H19F9IOP/c1-17(12-13-31,14-18(22,23)19(24,25)20(26,27)21(28,29)30)33(32,15-8-4-2-5-9-15)16-10-6-3-7-11-16/h2-11H,12-14H2,1H3. The van der Waals surface area contributed by atoms with Crippen LogP contribution in [-0.4, -0.2) is 33.5 Å². The lowest BCUT2D eigenvalue weighted by Gasteiger charge is -2.43. The van der Waals surface area contributed by atoms with Crippen LogP contribution < -0.4 is 10.6 Å². The molecule has 0 aliphatic rings. The molecule has 0 bridgehead atoms. The van der Waals surface area contributed by atoms with Crippen LogP contribution in [0.25, 0.3) is 0 Å². The van der Waals surface area contributed by atoms with E-state index in [-0.39, 0.29) is 15.0 Å². The maximum Gasteiger partial charge on any atom is 0.460 e. The van der Waals surface area contributed by atoms with Gasteiger partial charge in [0.05, 0.1) is 0 Å². The minimum absolute atomic E-state index is 0.00473. The van der Waals surface area contributed by atoms with Gasteiger partial charge in [0, 0.05) is 26.6 Å². The Hall–Kier alpha value is -1.23. The minimum Gasteiger partial charge on any atom is -0.313 e. The minimum atomic E-state index is -7.00. The Morgan fingerprint density at radius 1 is 0.727 bits per heavy atom. The van der Waals surface area contributed by atoms with Crippen molar-refractivity contribution >= 4 is 40.3 Å².